The van der Waals surface area contributed by atoms with Crippen molar-refractivity contribution in [3.8, 4) is 0 Å². The number of carbonyl (C=O) groups excluding carboxylic acids is 1. The predicted octanol–water partition coefficient (Wildman–Crippen LogP) is 0.812. The van der Waals surface area contributed by atoms with Crippen LogP contribution in [0.5, 0.6) is 0 Å². The highest BCUT2D eigenvalue weighted by Gasteiger charge is 2.50. The second kappa shape index (κ2) is 4.22. The Bertz CT molecular complexity index is 374. The van der Waals surface area contributed by atoms with E-state index in [0.29, 0.717) is 6.54 Å². The lowest BCUT2D eigenvalue weighted by molar-refractivity contribution is -0.137. The number of hydrogen-bond acceptors (Lipinski definition) is 3. The largest absolute Gasteiger partial charge is 0.395 e. The maximum Gasteiger partial charge on any atom is 0.231 e. The van der Waals surface area contributed by atoms with Gasteiger partial charge in [-0.05, 0) is 25.0 Å². The minimum atomic E-state index is -0.483. The summed E-state index contributed by atoms with van der Waals surface area (Å²) in [6.45, 7) is 0.458. The number of aromatic nitrogens is 1. The van der Waals surface area contributed by atoms with E-state index in [1.54, 1.807) is 18.1 Å². The van der Waals surface area contributed by atoms with Gasteiger partial charge in [-0.15, -0.1) is 0 Å². The second-order valence-electron chi connectivity index (χ2n) is 4.42. The van der Waals surface area contributed by atoms with Crippen LogP contribution in [0.4, 0.5) is 0 Å². The van der Waals surface area contributed by atoms with Gasteiger partial charge in [0.15, 0.2) is 0 Å². The van der Waals surface area contributed by atoms with Crippen LogP contribution in [0.15, 0.2) is 24.4 Å². The first kappa shape index (κ1) is 11.1. The standard InChI is InChI=1S/C12H16N2O2/c1-14(8-10-4-2-3-7-13-10)11(16)12(9-15)5-6-12/h2-4,7,15H,5-6,8-9H2,1H3. The smallest absolute Gasteiger partial charge is 0.231 e. The summed E-state index contributed by atoms with van der Waals surface area (Å²) in [5.41, 5.74) is 0.385. The van der Waals surface area contributed by atoms with E-state index in [4.69, 9.17) is 0 Å². The molecular formula is C12H16N2O2. The number of nitrogens with zero attached hydrogens (tertiary/aromatic N) is 2. The SMILES string of the molecule is CN(Cc1ccccn1)C(=O)C1(CO)CC1. The van der Waals surface area contributed by atoms with Gasteiger partial charge in [0.05, 0.1) is 24.3 Å². The minimum Gasteiger partial charge on any atom is -0.395 e. The van der Waals surface area contributed by atoms with Gasteiger partial charge in [0.1, 0.15) is 0 Å². The summed E-state index contributed by atoms with van der Waals surface area (Å²) in [5.74, 6) is 0.0284. The molecule has 0 radical (unpaired) electrons. The van der Waals surface area contributed by atoms with Crippen LogP contribution in [0, 0.1) is 5.41 Å². The molecule has 4 nitrogen and oxygen atoms in total. The van der Waals surface area contributed by atoms with Gasteiger partial charge in [-0.2, -0.15) is 0 Å². The third-order valence-electron chi connectivity index (χ3n) is 3.08. The van der Waals surface area contributed by atoms with Gasteiger partial charge in [-0.25, -0.2) is 0 Å². The number of pyridine rings is 1. The van der Waals surface area contributed by atoms with Crippen LogP contribution in [-0.4, -0.2) is 34.6 Å². The molecule has 0 unspecified atom stereocenters. The number of amides is 1. The van der Waals surface area contributed by atoms with E-state index < -0.39 is 5.41 Å². The van der Waals surface area contributed by atoms with Crippen LogP contribution in [0.1, 0.15) is 18.5 Å². The Balaban J connectivity index is 1.99. The number of hydrogen-bond donors (Lipinski definition) is 1. The molecule has 0 bridgehead atoms. The van der Waals surface area contributed by atoms with Crippen molar-refractivity contribution < 1.29 is 9.90 Å². The highest BCUT2D eigenvalue weighted by atomic mass is 16.3. The van der Waals surface area contributed by atoms with E-state index in [-0.39, 0.29) is 12.5 Å². The van der Waals surface area contributed by atoms with Crippen molar-refractivity contribution >= 4 is 5.91 Å². The summed E-state index contributed by atoms with van der Waals surface area (Å²) in [4.78, 5) is 17.8. The summed E-state index contributed by atoms with van der Waals surface area (Å²) < 4.78 is 0. The van der Waals surface area contributed by atoms with Crippen LogP contribution < -0.4 is 0 Å². The van der Waals surface area contributed by atoms with E-state index in [2.05, 4.69) is 4.98 Å². The van der Waals surface area contributed by atoms with Crippen molar-refractivity contribution in [1.82, 2.24) is 9.88 Å². The Morgan fingerprint density at radius 1 is 1.56 bits per heavy atom. The molecule has 0 aromatic carbocycles. The normalized spacial score (nSPS) is 16.9. The first-order valence-corrected chi connectivity index (χ1v) is 5.44. The van der Waals surface area contributed by atoms with E-state index in [1.165, 1.54) is 0 Å². The van der Waals surface area contributed by atoms with Gasteiger partial charge in [0, 0.05) is 13.2 Å². The molecule has 2 rings (SSSR count). The average Bonchev–Trinajstić information content (AvgIpc) is 3.10. The maximum absolute atomic E-state index is 12.0. The van der Waals surface area contributed by atoms with Crippen molar-refractivity contribution in [2.24, 2.45) is 5.41 Å². The molecular weight excluding hydrogens is 204 g/mol. The van der Waals surface area contributed by atoms with Crippen molar-refractivity contribution in [3.05, 3.63) is 30.1 Å². The number of rotatable bonds is 4. The summed E-state index contributed by atoms with van der Waals surface area (Å²) in [6, 6.07) is 5.64. The predicted molar refractivity (Wildman–Crippen MR) is 59.5 cm³/mol. The summed E-state index contributed by atoms with van der Waals surface area (Å²) in [5, 5.41) is 9.18. The summed E-state index contributed by atoms with van der Waals surface area (Å²) in [7, 11) is 1.76. The molecule has 4 heteroatoms. The molecule has 0 spiro atoms. The zero-order chi connectivity index (χ0) is 11.6. The molecule has 1 aliphatic carbocycles. The highest BCUT2D eigenvalue weighted by Crippen LogP contribution is 2.46. The van der Waals surface area contributed by atoms with Gasteiger partial charge in [-0.3, -0.25) is 9.78 Å². The Hall–Kier alpha value is -1.42. The highest BCUT2D eigenvalue weighted by molar-refractivity contribution is 5.85. The molecule has 0 saturated heterocycles. The van der Waals surface area contributed by atoms with Crippen molar-refractivity contribution in [3.63, 3.8) is 0 Å². The van der Waals surface area contributed by atoms with Gasteiger partial charge in [0.2, 0.25) is 5.91 Å². The minimum absolute atomic E-state index is 0.0284. The van der Waals surface area contributed by atoms with E-state index in [0.717, 1.165) is 18.5 Å². The molecule has 16 heavy (non-hydrogen) atoms. The quantitative estimate of drug-likeness (QED) is 0.817. The lowest BCUT2D eigenvalue weighted by Crippen LogP contribution is -2.35. The molecule has 1 heterocycles. The van der Waals surface area contributed by atoms with E-state index in [9.17, 15) is 9.90 Å². The van der Waals surface area contributed by atoms with Crippen molar-refractivity contribution in [2.75, 3.05) is 13.7 Å². The molecule has 1 amide bonds. The van der Waals surface area contributed by atoms with Crippen LogP contribution in [0.2, 0.25) is 0 Å². The summed E-state index contributed by atoms with van der Waals surface area (Å²) in [6.07, 6.45) is 3.32. The first-order valence-electron chi connectivity index (χ1n) is 5.44. The molecule has 1 aliphatic rings. The monoisotopic (exact) mass is 220 g/mol. The molecule has 0 aliphatic heterocycles. The van der Waals surface area contributed by atoms with Gasteiger partial charge in [-0.1, -0.05) is 6.07 Å². The zero-order valence-electron chi connectivity index (χ0n) is 9.39. The Labute approximate surface area is 94.9 Å². The molecule has 0 atom stereocenters. The number of carbonyl (C=O) groups is 1. The Morgan fingerprint density at radius 3 is 2.81 bits per heavy atom. The molecule has 1 N–H and O–H groups in total. The fourth-order valence-electron chi connectivity index (χ4n) is 1.80. The fraction of sp³-hybridized carbons (Fsp3) is 0.500. The van der Waals surface area contributed by atoms with Crippen molar-refractivity contribution in [2.45, 2.75) is 19.4 Å². The molecule has 1 aromatic heterocycles. The average molecular weight is 220 g/mol. The fourth-order valence-corrected chi connectivity index (χ4v) is 1.80. The maximum atomic E-state index is 12.0. The topological polar surface area (TPSA) is 53.4 Å². The molecule has 1 saturated carbocycles. The van der Waals surface area contributed by atoms with E-state index >= 15 is 0 Å². The third kappa shape index (κ3) is 2.07. The Morgan fingerprint density at radius 2 is 2.31 bits per heavy atom. The number of aliphatic hydroxyl groups is 1. The van der Waals surface area contributed by atoms with E-state index in [1.807, 2.05) is 18.2 Å². The number of aliphatic hydroxyl groups excluding tert-OH is 1. The second-order valence-corrected chi connectivity index (χ2v) is 4.42. The third-order valence-corrected chi connectivity index (χ3v) is 3.08. The lowest BCUT2D eigenvalue weighted by atomic mass is 10.1. The van der Waals surface area contributed by atoms with Crippen LogP contribution in [0.3, 0.4) is 0 Å². The molecule has 86 valence electrons. The first-order chi connectivity index (χ1) is 7.68. The molecule has 1 fully saturated rings. The van der Waals surface area contributed by atoms with Crippen LogP contribution in [0.25, 0.3) is 0 Å². The Kier molecular flexibility index (Phi) is 2.92. The van der Waals surface area contributed by atoms with Gasteiger partial charge >= 0.3 is 0 Å². The van der Waals surface area contributed by atoms with Crippen molar-refractivity contribution in [1.29, 1.82) is 0 Å². The zero-order valence-corrected chi connectivity index (χ0v) is 9.39. The summed E-state index contributed by atoms with van der Waals surface area (Å²) >= 11 is 0. The van der Waals surface area contributed by atoms with Crippen LogP contribution in [-0.2, 0) is 11.3 Å². The molecule has 1 aromatic rings. The van der Waals surface area contributed by atoms with Gasteiger partial charge < -0.3 is 10.0 Å². The van der Waals surface area contributed by atoms with Crippen LogP contribution >= 0.6 is 0 Å². The lowest BCUT2D eigenvalue weighted by Gasteiger charge is -2.21. The van der Waals surface area contributed by atoms with Gasteiger partial charge in [0.25, 0.3) is 0 Å².